The molecule has 0 spiro atoms. The summed E-state index contributed by atoms with van der Waals surface area (Å²) in [6.07, 6.45) is 3.85. The Kier molecular flexibility index (Phi) is 3.86. The van der Waals surface area contributed by atoms with Gasteiger partial charge in [0.1, 0.15) is 5.82 Å². The van der Waals surface area contributed by atoms with Crippen molar-refractivity contribution >= 4 is 11.3 Å². The van der Waals surface area contributed by atoms with Crippen LogP contribution in [0.25, 0.3) is 0 Å². The number of rotatable bonds is 4. The van der Waals surface area contributed by atoms with Crippen LogP contribution in [0.2, 0.25) is 0 Å². The molecule has 0 radical (unpaired) electrons. The predicted octanol–water partition coefficient (Wildman–Crippen LogP) is 3.15. The molecule has 1 N–H and O–H groups in total. The SMILES string of the molecule is CCc1ccsc1C(NC)c1ccncc1F. The van der Waals surface area contributed by atoms with Crippen molar-refractivity contribution in [2.24, 2.45) is 0 Å². The van der Waals surface area contributed by atoms with Gasteiger partial charge in [-0.1, -0.05) is 6.92 Å². The summed E-state index contributed by atoms with van der Waals surface area (Å²) in [7, 11) is 1.85. The Bertz CT molecular complexity index is 496. The van der Waals surface area contributed by atoms with Crippen LogP contribution >= 0.6 is 11.3 Å². The minimum Gasteiger partial charge on any atom is -0.309 e. The third-order valence-electron chi connectivity index (χ3n) is 2.83. The number of hydrogen-bond acceptors (Lipinski definition) is 3. The fraction of sp³-hybridized carbons (Fsp3) is 0.308. The molecule has 90 valence electrons. The molecule has 2 nitrogen and oxygen atoms in total. The highest BCUT2D eigenvalue weighted by Gasteiger charge is 2.19. The Morgan fingerprint density at radius 1 is 1.47 bits per heavy atom. The Labute approximate surface area is 105 Å². The Hall–Kier alpha value is -1.26. The molecule has 0 aromatic carbocycles. The second-order valence-corrected chi connectivity index (χ2v) is 4.73. The van der Waals surface area contributed by atoms with Crippen molar-refractivity contribution in [3.8, 4) is 0 Å². The highest BCUT2D eigenvalue weighted by Crippen LogP contribution is 2.30. The van der Waals surface area contributed by atoms with Crippen molar-refractivity contribution in [3.05, 3.63) is 51.7 Å². The van der Waals surface area contributed by atoms with E-state index in [1.807, 2.05) is 7.05 Å². The van der Waals surface area contributed by atoms with E-state index < -0.39 is 0 Å². The van der Waals surface area contributed by atoms with Gasteiger partial charge < -0.3 is 5.32 Å². The summed E-state index contributed by atoms with van der Waals surface area (Å²) >= 11 is 1.66. The van der Waals surface area contributed by atoms with Crippen LogP contribution in [0.15, 0.2) is 29.9 Å². The number of nitrogens with one attached hydrogen (secondary N) is 1. The maximum Gasteiger partial charge on any atom is 0.146 e. The van der Waals surface area contributed by atoms with E-state index in [0.29, 0.717) is 5.56 Å². The van der Waals surface area contributed by atoms with E-state index in [1.165, 1.54) is 16.6 Å². The molecule has 17 heavy (non-hydrogen) atoms. The molecule has 0 aliphatic heterocycles. The molecule has 2 rings (SSSR count). The van der Waals surface area contributed by atoms with Crippen LogP contribution < -0.4 is 5.32 Å². The number of nitrogens with zero attached hydrogens (tertiary/aromatic N) is 1. The number of hydrogen-bond donors (Lipinski definition) is 1. The van der Waals surface area contributed by atoms with Crippen LogP contribution in [0.5, 0.6) is 0 Å². The number of pyridine rings is 1. The molecule has 2 aromatic heterocycles. The first-order valence-corrected chi connectivity index (χ1v) is 6.48. The first kappa shape index (κ1) is 12.2. The molecule has 0 aliphatic carbocycles. The van der Waals surface area contributed by atoms with Gasteiger partial charge in [-0.3, -0.25) is 4.98 Å². The zero-order valence-corrected chi connectivity index (χ0v) is 10.7. The Morgan fingerprint density at radius 2 is 2.29 bits per heavy atom. The minimum absolute atomic E-state index is 0.0899. The fourth-order valence-electron chi connectivity index (χ4n) is 1.94. The third kappa shape index (κ3) is 2.37. The maximum absolute atomic E-state index is 13.8. The molecule has 0 saturated carbocycles. The summed E-state index contributed by atoms with van der Waals surface area (Å²) in [5, 5.41) is 5.23. The average Bonchev–Trinajstić information content (AvgIpc) is 2.81. The second kappa shape index (κ2) is 5.38. The van der Waals surface area contributed by atoms with Gasteiger partial charge in [-0.15, -0.1) is 11.3 Å². The van der Waals surface area contributed by atoms with Crippen molar-refractivity contribution in [2.45, 2.75) is 19.4 Å². The van der Waals surface area contributed by atoms with Gasteiger partial charge in [0.25, 0.3) is 0 Å². The van der Waals surface area contributed by atoms with Gasteiger partial charge in [0, 0.05) is 16.6 Å². The van der Waals surface area contributed by atoms with Crippen molar-refractivity contribution in [1.82, 2.24) is 10.3 Å². The Balaban J connectivity index is 2.44. The number of thiophene rings is 1. The summed E-state index contributed by atoms with van der Waals surface area (Å²) in [6, 6.07) is 3.74. The van der Waals surface area contributed by atoms with Crippen molar-refractivity contribution in [1.29, 1.82) is 0 Å². The summed E-state index contributed by atoms with van der Waals surface area (Å²) in [5.41, 5.74) is 1.92. The lowest BCUT2D eigenvalue weighted by Gasteiger charge is -2.17. The molecule has 4 heteroatoms. The van der Waals surface area contributed by atoms with Crippen molar-refractivity contribution < 1.29 is 4.39 Å². The lowest BCUT2D eigenvalue weighted by Crippen LogP contribution is -2.19. The first-order chi connectivity index (χ1) is 8.27. The van der Waals surface area contributed by atoms with E-state index >= 15 is 0 Å². The molecule has 0 saturated heterocycles. The first-order valence-electron chi connectivity index (χ1n) is 5.60. The van der Waals surface area contributed by atoms with Crippen LogP contribution in [0.1, 0.15) is 29.0 Å². The monoisotopic (exact) mass is 250 g/mol. The second-order valence-electron chi connectivity index (χ2n) is 3.78. The van der Waals surface area contributed by atoms with Gasteiger partial charge in [0.2, 0.25) is 0 Å². The zero-order valence-electron chi connectivity index (χ0n) is 9.90. The minimum atomic E-state index is -0.262. The fourth-order valence-corrected chi connectivity index (χ4v) is 3.06. The standard InChI is InChI=1S/C13H15FN2S/c1-3-9-5-7-17-13(9)12(15-2)10-4-6-16-8-11(10)14/h4-8,12,15H,3H2,1-2H3. The molecule has 0 bridgehead atoms. The summed E-state index contributed by atoms with van der Waals surface area (Å²) < 4.78 is 13.8. The predicted molar refractivity (Wildman–Crippen MR) is 68.8 cm³/mol. The lowest BCUT2D eigenvalue weighted by molar-refractivity contribution is 0.572. The van der Waals surface area contributed by atoms with Crippen LogP contribution in [0.3, 0.4) is 0 Å². The van der Waals surface area contributed by atoms with Gasteiger partial charge in [-0.2, -0.15) is 0 Å². The molecule has 0 amide bonds. The molecular formula is C13H15FN2S. The smallest absolute Gasteiger partial charge is 0.146 e. The summed E-state index contributed by atoms with van der Waals surface area (Å²) in [5.74, 6) is -0.262. The van der Waals surface area contributed by atoms with E-state index in [2.05, 4.69) is 28.7 Å². The van der Waals surface area contributed by atoms with Crippen LogP contribution in [-0.4, -0.2) is 12.0 Å². The van der Waals surface area contributed by atoms with E-state index in [-0.39, 0.29) is 11.9 Å². The number of aromatic nitrogens is 1. The van der Waals surface area contributed by atoms with Crippen molar-refractivity contribution in [3.63, 3.8) is 0 Å². The molecule has 0 aliphatic rings. The molecule has 1 unspecified atom stereocenters. The quantitative estimate of drug-likeness (QED) is 0.901. The third-order valence-corrected chi connectivity index (χ3v) is 3.85. The topological polar surface area (TPSA) is 24.9 Å². The van der Waals surface area contributed by atoms with Gasteiger partial charge >= 0.3 is 0 Å². The number of aryl methyl sites for hydroxylation is 1. The van der Waals surface area contributed by atoms with E-state index in [9.17, 15) is 4.39 Å². The van der Waals surface area contributed by atoms with Crippen LogP contribution in [0, 0.1) is 5.82 Å². The van der Waals surface area contributed by atoms with Gasteiger partial charge in [0.05, 0.1) is 12.2 Å². The van der Waals surface area contributed by atoms with Gasteiger partial charge in [0.15, 0.2) is 0 Å². The highest BCUT2D eigenvalue weighted by atomic mass is 32.1. The van der Waals surface area contributed by atoms with Crippen molar-refractivity contribution in [2.75, 3.05) is 7.05 Å². The number of halogens is 1. The molecule has 2 heterocycles. The largest absolute Gasteiger partial charge is 0.309 e. The van der Waals surface area contributed by atoms with E-state index in [0.717, 1.165) is 6.42 Å². The van der Waals surface area contributed by atoms with Gasteiger partial charge in [-0.25, -0.2) is 4.39 Å². The zero-order chi connectivity index (χ0) is 12.3. The molecule has 2 aromatic rings. The van der Waals surface area contributed by atoms with Gasteiger partial charge in [-0.05, 0) is 36.5 Å². The average molecular weight is 250 g/mol. The van der Waals surface area contributed by atoms with E-state index in [1.54, 1.807) is 23.6 Å². The molecular weight excluding hydrogens is 235 g/mol. The van der Waals surface area contributed by atoms with E-state index in [4.69, 9.17) is 0 Å². The maximum atomic E-state index is 13.8. The Morgan fingerprint density at radius 3 is 2.94 bits per heavy atom. The molecule has 1 atom stereocenters. The molecule has 0 fully saturated rings. The summed E-state index contributed by atoms with van der Waals surface area (Å²) in [6.45, 7) is 2.11. The normalized spacial score (nSPS) is 12.6. The highest BCUT2D eigenvalue weighted by molar-refractivity contribution is 7.10. The van der Waals surface area contributed by atoms with Crippen LogP contribution in [-0.2, 0) is 6.42 Å². The van der Waals surface area contributed by atoms with Crippen LogP contribution in [0.4, 0.5) is 4.39 Å². The lowest BCUT2D eigenvalue weighted by atomic mass is 10.0. The summed E-state index contributed by atoms with van der Waals surface area (Å²) in [4.78, 5) is 4.97.